The monoisotopic (exact) mass is 429 g/mol. The molecule has 0 radical (unpaired) electrons. The fourth-order valence-electron chi connectivity index (χ4n) is 4.28. The molecule has 2 fully saturated rings. The normalized spacial score (nSPS) is 31.2. The number of hydrogen-bond donors (Lipinski definition) is 2. The summed E-state index contributed by atoms with van der Waals surface area (Å²) in [5, 5.41) is 10.2. The molecular formula is C14H18F7NO4S. The van der Waals surface area contributed by atoms with Gasteiger partial charge < -0.3 is 5.11 Å². The fraction of sp³-hybridized carbons (Fsp3) is 0.929. The molecule has 1 amide bonds. The predicted molar refractivity (Wildman–Crippen MR) is 77.4 cm³/mol. The first-order valence-corrected chi connectivity index (χ1v) is 9.52. The van der Waals surface area contributed by atoms with Crippen LogP contribution in [0.4, 0.5) is 30.7 Å². The molecule has 0 aromatic rings. The van der Waals surface area contributed by atoms with Gasteiger partial charge >= 0.3 is 23.9 Å². The van der Waals surface area contributed by atoms with E-state index >= 15 is 0 Å². The Kier molecular flexibility index (Phi) is 4.88. The van der Waals surface area contributed by atoms with Gasteiger partial charge in [0.15, 0.2) is 0 Å². The molecule has 13 heteroatoms. The van der Waals surface area contributed by atoms with E-state index in [9.17, 15) is 49.1 Å². The highest BCUT2D eigenvalue weighted by Gasteiger charge is 2.76. The van der Waals surface area contributed by atoms with E-state index in [0.29, 0.717) is 11.1 Å². The van der Waals surface area contributed by atoms with E-state index in [1.807, 2.05) is 0 Å². The van der Waals surface area contributed by atoms with Crippen LogP contribution in [0.15, 0.2) is 0 Å². The van der Waals surface area contributed by atoms with Gasteiger partial charge in [0.1, 0.15) is 0 Å². The largest absolute Gasteiger partial charge is 0.460 e. The van der Waals surface area contributed by atoms with Crippen molar-refractivity contribution in [1.82, 2.24) is 4.72 Å². The third-order valence-corrected chi connectivity index (χ3v) is 7.51. The predicted octanol–water partition coefficient (Wildman–Crippen LogP) is 2.45. The lowest BCUT2D eigenvalue weighted by molar-refractivity contribution is -0.343. The molecule has 3 atom stereocenters. The van der Waals surface area contributed by atoms with E-state index < -0.39 is 56.6 Å². The molecule has 0 aromatic carbocycles. The number of hydrogen-bond acceptors (Lipinski definition) is 4. The smallest absolute Gasteiger partial charge is 0.392 e. The van der Waals surface area contributed by atoms with Crippen molar-refractivity contribution in [3.8, 4) is 0 Å². The van der Waals surface area contributed by atoms with Gasteiger partial charge in [-0.05, 0) is 30.6 Å². The van der Waals surface area contributed by atoms with Gasteiger partial charge in [0.05, 0.1) is 11.9 Å². The maximum atomic E-state index is 13.4. The van der Waals surface area contributed by atoms with Crippen molar-refractivity contribution < 1.29 is 49.1 Å². The zero-order chi connectivity index (χ0) is 21.3. The number of amides is 1. The maximum Gasteiger partial charge on any atom is 0.460 e. The van der Waals surface area contributed by atoms with Crippen LogP contribution in [0.3, 0.4) is 0 Å². The molecule has 0 aliphatic heterocycles. The number of alkyl halides is 7. The average molecular weight is 429 g/mol. The zero-order valence-electron chi connectivity index (χ0n) is 14.2. The van der Waals surface area contributed by atoms with E-state index in [1.54, 1.807) is 13.8 Å². The molecule has 0 spiro atoms. The maximum absolute atomic E-state index is 13.4. The third kappa shape index (κ3) is 3.10. The van der Waals surface area contributed by atoms with Crippen LogP contribution in [0.1, 0.15) is 33.1 Å². The molecule has 5 nitrogen and oxygen atoms in total. The lowest BCUT2D eigenvalue weighted by Gasteiger charge is -2.40. The number of halogens is 7. The van der Waals surface area contributed by atoms with Gasteiger partial charge in [-0.3, -0.25) is 4.79 Å². The van der Waals surface area contributed by atoms with Crippen molar-refractivity contribution in [2.45, 2.75) is 57.2 Å². The Morgan fingerprint density at radius 3 is 2.04 bits per heavy atom. The first kappa shape index (κ1) is 22.2. The highest BCUT2D eigenvalue weighted by atomic mass is 32.2. The molecule has 27 heavy (non-hydrogen) atoms. The van der Waals surface area contributed by atoms with E-state index in [4.69, 9.17) is 0 Å². The van der Waals surface area contributed by atoms with Crippen LogP contribution in [0.2, 0.25) is 0 Å². The molecule has 2 N–H and O–H groups in total. The Labute approximate surface area is 150 Å². The summed E-state index contributed by atoms with van der Waals surface area (Å²) in [5.74, 6) is -17.5. The Bertz CT molecular complexity index is 734. The van der Waals surface area contributed by atoms with Crippen molar-refractivity contribution in [3.63, 3.8) is 0 Å². The van der Waals surface area contributed by atoms with Crippen LogP contribution in [0.25, 0.3) is 0 Å². The Morgan fingerprint density at radius 2 is 1.67 bits per heavy atom. The van der Waals surface area contributed by atoms with E-state index in [1.165, 1.54) is 0 Å². The lowest BCUT2D eigenvalue weighted by atomic mass is 9.70. The molecule has 0 heterocycles. The molecule has 2 bridgehead atoms. The number of carbonyl (C=O) groups is 1. The Morgan fingerprint density at radius 1 is 1.15 bits per heavy atom. The molecule has 0 saturated heterocycles. The number of aliphatic hydroxyl groups excluding tert-OH is 1. The van der Waals surface area contributed by atoms with E-state index in [0.717, 1.165) is 0 Å². The minimum absolute atomic E-state index is 0.0746. The summed E-state index contributed by atoms with van der Waals surface area (Å²) in [6, 6.07) is 0. The summed E-state index contributed by atoms with van der Waals surface area (Å²) in [6.07, 6.45) is -6.97. The number of aliphatic hydroxyl groups is 1. The van der Waals surface area contributed by atoms with Gasteiger partial charge in [-0.2, -0.15) is 30.7 Å². The van der Waals surface area contributed by atoms with Gasteiger partial charge in [0.2, 0.25) is 10.0 Å². The van der Waals surface area contributed by atoms with Crippen molar-refractivity contribution in [3.05, 3.63) is 0 Å². The van der Waals surface area contributed by atoms with E-state index in [-0.39, 0.29) is 18.8 Å². The topological polar surface area (TPSA) is 83.5 Å². The second-order valence-corrected chi connectivity index (χ2v) is 9.42. The van der Waals surface area contributed by atoms with Gasteiger partial charge in [-0.25, -0.2) is 13.1 Å². The summed E-state index contributed by atoms with van der Waals surface area (Å²) >= 11 is 0. The highest BCUT2D eigenvalue weighted by molar-refractivity contribution is 7.90. The fourth-order valence-corrected chi connectivity index (χ4v) is 6.15. The summed E-state index contributed by atoms with van der Waals surface area (Å²) < 4.78 is 114. The van der Waals surface area contributed by atoms with Crippen molar-refractivity contribution in [2.24, 2.45) is 16.7 Å². The number of carbonyl (C=O) groups excluding carboxylic acids is 1. The minimum Gasteiger partial charge on any atom is -0.392 e. The number of sulfonamides is 1. The van der Waals surface area contributed by atoms with Crippen molar-refractivity contribution in [1.29, 1.82) is 0 Å². The lowest BCUT2D eigenvalue weighted by Crippen LogP contribution is -2.60. The number of fused-ring (bicyclic) bond motifs is 2. The van der Waals surface area contributed by atoms with Crippen molar-refractivity contribution in [2.75, 3.05) is 5.75 Å². The second kappa shape index (κ2) is 5.94. The van der Waals surface area contributed by atoms with E-state index in [2.05, 4.69) is 0 Å². The van der Waals surface area contributed by atoms with Gasteiger partial charge in [-0.15, -0.1) is 0 Å². The molecule has 2 aliphatic rings. The van der Waals surface area contributed by atoms with Gasteiger partial charge in [0.25, 0.3) is 0 Å². The standard InChI is InChI=1S/C14H18F7NO4S/c1-10(2)7-3-4-11(10,8(23)5-7)6-27(25,26)22-9(24)12(15,16)13(17,18)14(19,20)21/h7-8,23H,3-6H2,1-2H3,(H,22,24). The first-order chi connectivity index (χ1) is 11.8. The minimum atomic E-state index is -6.77. The zero-order valence-corrected chi connectivity index (χ0v) is 15.0. The molecule has 0 aromatic heterocycles. The van der Waals surface area contributed by atoms with Crippen LogP contribution in [-0.2, 0) is 14.8 Å². The van der Waals surface area contributed by atoms with Gasteiger partial charge in [0, 0.05) is 5.41 Å². The van der Waals surface area contributed by atoms with Crippen molar-refractivity contribution >= 4 is 15.9 Å². The molecular weight excluding hydrogens is 411 g/mol. The number of nitrogens with one attached hydrogen (secondary N) is 1. The Balaban J connectivity index is 2.26. The third-order valence-electron chi connectivity index (χ3n) is 6.12. The molecule has 2 saturated carbocycles. The van der Waals surface area contributed by atoms with Crippen LogP contribution >= 0.6 is 0 Å². The van der Waals surface area contributed by atoms with Crippen LogP contribution in [0, 0.1) is 16.7 Å². The molecule has 3 unspecified atom stereocenters. The van der Waals surface area contributed by atoms with Gasteiger partial charge in [-0.1, -0.05) is 13.8 Å². The average Bonchev–Trinajstić information content (AvgIpc) is 2.78. The number of rotatable bonds is 5. The summed E-state index contributed by atoms with van der Waals surface area (Å²) in [6.45, 7) is 3.29. The second-order valence-electron chi connectivity index (χ2n) is 7.70. The van der Waals surface area contributed by atoms with Crippen LogP contribution in [-0.4, -0.2) is 49.3 Å². The Hall–Kier alpha value is -1.11. The molecule has 2 aliphatic carbocycles. The quantitative estimate of drug-likeness (QED) is 0.658. The van der Waals surface area contributed by atoms with Crippen LogP contribution < -0.4 is 4.72 Å². The highest BCUT2D eigenvalue weighted by Crippen LogP contribution is 2.66. The summed E-state index contributed by atoms with van der Waals surface area (Å²) in [7, 11) is -5.04. The SMILES string of the molecule is CC1(C)C2CCC1(CS(=O)(=O)NC(=O)C(F)(F)C(F)(F)C(F)(F)F)C(O)C2. The van der Waals surface area contributed by atoms with Crippen LogP contribution in [0.5, 0.6) is 0 Å². The summed E-state index contributed by atoms with van der Waals surface area (Å²) in [5.41, 5.74) is -2.09. The molecule has 2 rings (SSSR count). The first-order valence-electron chi connectivity index (χ1n) is 7.87. The summed E-state index contributed by atoms with van der Waals surface area (Å²) in [4.78, 5) is 11.3. The molecule has 158 valence electrons.